The first-order valence-corrected chi connectivity index (χ1v) is 7.51. The van der Waals surface area contributed by atoms with Crippen molar-refractivity contribution in [2.45, 2.75) is 25.5 Å². The second-order valence-corrected chi connectivity index (χ2v) is 6.03. The molecule has 23 heavy (non-hydrogen) atoms. The van der Waals surface area contributed by atoms with Crippen LogP contribution in [0.3, 0.4) is 0 Å². The number of esters is 1. The Balaban J connectivity index is 1.76. The Labute approximate surface area is 137 Å². The Morgan fingerprint density at radius 1 is 1.52 bits per heavy atom. The monoisotopic (exact) mass is 332 g/mol. The lowest BCUT2D eigenvalue weighted by atomic mass is 9.89. The molecule has 1 amide bonds. The zero-order chi connectivity index (χ0) is 16.6. The normalized spacial score (nSPS) is 19.8. The average molecular weight is 332 g/mol. The zero-order valence-corrected chi connectivity index (χ0v) is 13.6. The topological polar surface area (TPSA) is 89.0 Å². The number of hydrogen-bond donors (Lipinski definition) is 2. The average Bonchev–Trinajstić information content (AvgIpc) is 2.84. The highest BCUT2D eigenvalue weighted by molar-refractivity contribution is 7.71. The van der Waals surface area contributed by atoms with Crippen LogP contribution in [0.4, 0.5) is 0 Å². The van der Waals surface area contributed by atoms with Gasteiger partial charge in [-0.15, -0.1) is 0 Å². The van der Waals surface area contributed by atoms with Crippen LogP contribution in [0.25, 0.3) is 0 Å². The van der Waals surface area contributed by atoms with Crippen LogP contribution < -0.4 is 5.32 Å². The minimum atomic E-state index is -1.24. The lowest BCUT2D eigenvalue weighted by Crippen LogP contribution is -2.51. The number of nitrogens with one attached hydrogen (secondary N) is 2. The smallest absolute Gasteiger partial charge is 0.339 e. The largest absolute Gasteiger partial charge is 0.445 e. The summed E-state index contributed by atoms with van der Waals surface area (Å²) in [6.07, 6.45) is 0.333. The van der Waals surface area contributed by atoms with Crippen LogP contribution >= 0.6 is 12.2 Å². The highest BCUT2D eigenvalue weighted by Gasteiger charge is 2.42. The predicted octanol–water partition coefficient (Wildman–Crippen LogP) is 1.27. The van der Waals surface area contributed by atoms with E-state index in [1.165, 1.54) is 0 Å². The van der Waals surface area contributed by atoms with Crippen LogP contribution in [0.15, 0.2) is 24.3 Å². The van der Waals surface area contributed by atoms with Gasteiger partial charge in [-0.1, -0.05) is 18.2 Å². The number of aromatic amines is 1. The summed E-state index contributed by atoms with van der Waals surface area (Å²) in [5.41, 5.74) is 0.0729. The van der Waals surface area contributed by atoms with Crippen LogP contribution in [-0.4, -0.2) is 32.2 Å². The van der Waals surface area contributed by atoms with E-state index < -0.39 is 11.6 Å². The summed E-state index contributed by atoms with van der Waals surface area (Å²) in [7, 11) is 1.76. The molecule has 1 aromatic heterocycles. The molecule has 0 saturated carbocycles. The number of ether oxygens (including phenoxy) is 1. The molecule has 2 heterocycles. The van der Waals surface area contributed by atoms with Gasteiger partial charge in [0.05, 0.1) is 12.1 Å². The number of hydrogen-bond acceptors (Lipinski definition) is 5. The first kappa shape index (κ1) is 15.4. The second kappa shape index (κ2) is 5.62. The van der Waals surface area contributed by atoms with Crippen LogP contribution in [0, 0.1) is 4.77 Å². The molecular formula is C15H16N4O3S. The molecule has 3 rings (SSSR count). The summed E-state index contributed by atoms with van der Waals surface area (Å²) >= 11 is 5.02. The molecule has 7 nitrogen and oxygen atoms in total. The van der Waals surface area contributed by atoms with Gasteiger partial charge >= 0.3 is 5.97 Å². The van der Waals surface area contributed by atoms with Gasteiger partial charge in [-0.3, -0.25) is 9.89 Å². The minimum absolute atomic E-state index is 0.192. The number of nitrogens with zero attached hydrogens (tertiary/aromatic N) is 2. The lowest BCUT2D eigenvalue weighted by Gasteiger charge is -2.32. The fourth-order valence-electron chi connectivity index (χ4n) is 2.54. The maximum Gasteiger partial charge on any atom is 0.339 e. The number of H-pyrrole nitrogens is 1. The minimum Gasteiger partial charge on any atom is -0.445 e. The quantitative estimate of drug-likeness (QED) is 0.653. The molecule has 1 aliphatic heterocycles. The van der Waals surface area contributed by atoms with Crippen molar-refractivity contribution in [2.24, 2.45) is 7.05 Å². The number of amides is 1. The fraction of sp³-hybridized carbons (Fsp3) is 0.333. The van der Waals surface area contributed by atoms with Gasteiger partial charge in [0, 0.05) is 13.5 Å². The molecule has 1 aliphatic rings. The van der Waals surface area contributed by atoms with E-state index in [0.29, 0.717) is 22.6 Å². The van der Waals surface area contributed by atoms with E-state index in [-0.39, 0.29) is 12.5 Å². The van der Waals surface area contributed by atoms with Crippen molar-refractivity contribution in [3.63, 3.8) is 0 Å². The number of carbonyl (C=O) groups is 2. The van der Waals surface area contributed by atoms with Crippen molar-refractivity contribution in [3.05, 3.63) is 46.0 Å². The van der Waals surface area contributed by atoms with Gasteiger partial charge in [0.15, 0.2) is 16.2 Å². The van der Waals surface area contributed by atoms with E-state index in [2.05, 4.69) is 15.5 Å². The van der Waals surface area contributed by atoms with Crippen molar-refractivity contribution < 1.29 is 14.3 Å². The highest BCUT2D eigenvalue weighted by Crippen LogP contribution is 2.28. The summed E-state index contributed by atoms with van der Waals surface area (Å²) in [6, 6.07) is 7.14. The van der Waals surface area contributed by atoms with Gasteiger partial charge < -0.3 is 14.6 Å². The standard InChI is InChI=1S/C15H16N4O3S/c1-15(7-9-5-3-4-6-10(9)12(20)22-15)13(21)16-8-11-17-18-14(23)19(11)2/h3-6H,7-8H2,1-2H3,(H,16,21)(H,18,23)/t15-/m0/s1. The fourth-order valence-corrected chi connectivity index (χ4v) is 2.69. The van der Waals surface area contributed by atoms with Gasteiger partial charge in [0.25, 0.3) is 5.91 Å². The van der Waals surface area contributed by atoms with Crippen LogP contribution in [-0.2, 0) is 29.5 Å². The molecule has 0 spiro atoms. The second-order valence-electron chi connectivity index (χ2n) is 5.64. The lowest BCUT2D eigenvalue weighted by molar-refractivity contribution is -0.140. The van der Waals surface area contributed by atoms with Gasteiger partial charge in [0.2, 0.25) is 0 Å². The van der Waals surface area contributed by atoms with E-state index in [1.807, 2.05) is 12.1 Å². The molecule has 0 bridgehead atoms. The first-order chi connectivity index (χ1) is 10.9. The predicted molar refractivity (Wildman–Crippen MR) is 84.2 cm³/mol. The van der Waals surface area contributed by atoms with Gasteiger partial charge in [0.1, 0.15) is 0 Å². The molecule has 2 N–H and O–H groups in total. The van der Waals surface area contributed by atoms with E-state index in [1.54, 1.807) is 30.7 Å². The van der Waals surface area contributed by atoms with Crippen molar-refractivity contribution >= 4 is 24.1 Å². The molecule has 1 atom stereocenters. The SMILES string of the molecule is Cn1c(CNC(=O)[C@]2(C)Cc3ccccc3C(=O)O2)n[nH]c1=S. The first-order valence-electron chi connectivity index (χ1n) is 7.10. The molecule has 0 unspecified atom stereocenters. The Morgan fingerprint density at radius 3 is 2.96 bits per heavy atom. The molecule has 2 aromatic rings. The third kappa shape index (κ3) is 2.77. The van der Waals surface area contributed by atoms with Gasteiger partial charge in [-0.25, -0.2) is 4.79 Å². The van der Waals surface area contributed by atoms with Crippen molar-refractivity contribution in [2.75, 3.05) is 0 Å². The molecule has 0 aliphatic carbocycles. The van der Waals surface area contributed by atoms with E-state index in [4.69, 9.17) is 17.0 Å². The number of aromatic nitrogens is 3. The number of carbonyl (C=O) groups excluding carboxylic acids is 2. The van der Waals surface area contributed by atoms with Crippen molar-refractivity contribution in [1.82, 2.24) is 20.1 Å². The van der Waals surface area contributed by atoms with Crippen LogP contribution in [0.1, 0.15) is 28.7 Å². The number of fused-ring (bicyclic) bond motifs is 1. The molecular weight excluding hydrogens is 316 g/mol. The summed E-state index contributed by atoms with van der Waals surface area (Å²) in [6.45, 7) is 1.80. The molecule has 0 saturated heterocycles. The Bertz CT molecular complexity index is 841. The Morgan fingerprint density at radius 2 is 2.26 bits per heavy atom. The third-order valence-electron chi connectivity index (χ3n) is 3.94. The van der Waals surface area contributed by atoms with Crippen LogP contribution in [0.2, 0.25) is 0 Å². The molecule has 120 valence electrons. The van der Waals surface area contributed by atoms with E-state index in [0.717, 1.165) is 5.56 Å². The Hall–Kier alpha value is -2.48. The summed E-state index contributed by atoms with van der Waals surface area (Å²) < 4.78 is 7.52. The summed E-state index contributed by atoms with van der Waals surface area (Å²) in [4.78, 5) is 24.6. The maximum absolute atomic E-state index is 12.5. The van der Waals surface area contributed by atoms with Gasteiger partial charge in [-0.05, 0) is 30.8 Å². The zero-order valence-electron chi connectivity index (χ0n) is 12.8. The highest BCUT2D eigenvalue weighted by atomic mass is 32.1. The number of benzene rings is 1. The van der Waals surface area contributed by atoms with Crippen molar-refractivity contribution in [1.29, 1.82) is 0 Å². The third-order valence-corrected chi connectivity index (χ3v) is 4.31. The molecule has 0 fully saturated rings. The molecule has 8 heteroatoms. The van der Waals surface area contributed by atoms with Gasteiger partial charge in [-0.2, -0.15) is 5.10 Å². The summed E-state index contributed by atoms with van der Waals surface area (Å²) in [5.74, 6) is -0.258. The van der Waals surface area contributed by atoms with Crippen molar-refractivity contribution in [3.8, 4) is 0 Å². The molecule has 1 aromatic carbocycles. The maximum atomic E-state index is 12.5. The summed E-state index contributed by atoms with van der Waals surface area (Å²) in [5, 5.41) is 9.43. The number of cyclic esters (lactones) is 1. The van der Waals surface area contributed by atoms with E-state index in [9.17, 15) is 9.59 Å². The molecule has 0 radical (unpaired) electrons. The van der Waals surface area contributed by atoms with E-state index >= 15 is 0 Å². The number of rotatable bonds is 3. The Kier molecular flexibility index (Phi) is 3.77. The van der Waals surface area contributed by atoms with Crippen LogP contribution in [0.5, 0.6) is 0 Å².